The maximum Gasteiger partial charge on any atom is 0.222 e. The summed E-state index contributed by atoms with van der Waals surface area (Å²) in [6, 6.07) is 11.1. The Morgan fingerprint density at radius 1 is 1.12 bits per heavy atom. The van der Waals surface area contributed by atoms with Crippen LogP contribution in [0.2, 0.25) is 0 Å². The molecule has 1 heterocycles. The van der Waals surface area contributed by atoms with Crippen LogP contribution < -0.4 is 9.47 Å². The van der Waals surface area contributed by atoms with Gasteiger partial charge >= 0.3 is 0 Å². The van der Waals surface area contributed by atoms with E-state index in [2.05, 4.69) is 5.18 Å². The highest BCUT2D eigenvalue weighted by molar-refractivity contribution is 5.97. The van der Waals surface area contributed by atoms with Gasteiger partial charge in [0.15, 0.2) is 17.2 Å². The molecule has 0 radical (unpaired) electrons. The van der Waals surface area contributed by atoms with Crippen LogP contribution in [-0.4, -0.2) is 23.4 Å². The molecule has 2 aromatic carbocycles. The molecule has 25 heavy (non-hydrogen) atoms. The molecule has 0 unspecified atom stereocenters. The van der Waals surface area contributed by atoms with E-state index in [4.69, 9.17) is 9.47 Å². The average molecular weight is 340 g/mol. The molecule has 0 spiro atoms. The first kappa shape index (κ1) is 16.8. The number of para-hydroxylation sites is 2. The summed E-state index contributed by atoms with van der Waals surface area (Å²) in [4.78, 5) is 11.2. The zero-order chi connectivity index (χ0) is 18.0. The number of fused-ring (bicyclic) bond motifs is 1. The van der Waals surface area contributed by atoms with Crippen molar-refractivity contribution in [1.82, 2.24) is 4.57 Å². The van der Waals surface area contributed by atoms with E-state index in [1.807, 2.05) is 50.2 Å². The molecular weight excluding hydrogens is 320 g/mol. The van der Waals surface area contributed by atoms with Gasteiger partial charge in [0.2, 0.25) is 5.88 Å². The number of ether oxygens (including phenoxy) is 2. The zero-order valence-corrected chi connectivity index (χ0v) is 14.4. The first-order valence-electron chi connectivity index (χ1n) is 7.99. The van der Waals surface area contributed by atoms with Gasteiger partial charge in [0.1, 0.15) is 6.61 Å². The Hall–Kier alpha value is -3.02. The van der Waals surface area contributed by atoms with Crippen LogP contribution in [0.5, 0.6) is 17.4 Å². The summed E-state index contributed by atoms with van der Waals surface area (Å²) in [7, 11) is 1.58. The molecule has 0 amide bonds. The lowest BCUT2D eigenvalue weighted by atomic mass is 10.1. The summed E-state index contributed by atoms with van der Waals surface area (Å²) in [5.74, 6) is 1.14. The van der Waals surface area contributed by atoms with Crippen molar-refractivity contribution in [2.24, 2.45) is 5.18 Å². The Morgan fingerprint density at radius 3 is 2.52 bits per heavy atom. The van der Waals surface area contributed by atoms with Crippen LogP contribution >= 0.6 is 0 Å². The largest absolute Gasteiger partial charge is 0.493 e. The fourth-order valence-corrected chi connectivity index (χ4v) is 2.99. The SMILES string of the molecule is COc1ccccc1OCCn1c(O)c(N=O)c2ccc(C)c(C)c21. The Balaban J connectivity index is 1.92. The Labute approximate surface area is 145 Å². The fraction of sp³-hybridized carbons (Fsp3) is 0.263. The minimum atomic E-state index is -0.137. The monoisotopic (exact) mass is 340 g/mol. The van der Waals surface area contributed by atoms with Crippen molar-refractivity contribution in [3.63, 3.8) is 0 Å². The number of aromatic nitrogens is 1. The molecule has 6 nitrogen and oxygen atoms in total. The lowest BCUT2D eigenvalue weighted by Crippen LogP contribution is -2.09. The fourth-order valence-electron chi connectivity index (χ4n) is 2.99. The first-order chi connectivity index (χ1) is 12.1. The van der Waals surface area contributed by atoms with Crippen molar-refractivity contribution in [2.45, 2.75) is 20.4 Å². The van der Waals surface area contributed by atoms with E-state index in [9.17, 15) is 10.0 Å². The Bertz CT molecular complexity index is 931. The lowest BCUT2D eigenvalue weighted by Gasteiger charge is -2.13. The first-order valence-corrected chi connectivity index (χ1v) is 7.99. The molecular formula is C19H20N2O4. The Morgan fingerprint density at radius 2 is 1.84 bits per heavy atom. The predicted octanol–water partition coefficient (Wildman–Crippen LogP) is 4.45. The van der Waals surface area contributed by atoms with Crippen LogP contribution in [0.25, 0.3) is 10.9 Å². The van der Waals surface area contributed by atoms with Gasteiger partial charge in [0, 0.05) is 5.39 Å². The maximum atomic E-state index is 11.2. The molecule has 0 aliphatic heterocycles. The van der Waals surface area contributed by atoms with E-state index in [1.54, 1.807) is 11.7 Å². The summed E-state index contributed by atoms with van der Waals surface area (Å²) in [5, 5.41) is 14.1. The van der Waals surface area contributed by atoms with Crippen molar-refractivity contribution in [2.75, 3.05) is 13.7 Å². The summed E-state index contributed by atoms with van der Waals surface area (Å²) >= 11 is 0. The van der Waals surface area contributed by atoms with Gasteiger partial charge in [-0.05, 0) is 42.3 Å². The van der Waals surface area contributed by atoms with Gasteiger partial charge in [-0.3, -0.25) is 0 Å². The van der Waals surface area contributed by atoms with Crippen LogP contribution in [-0.2, 0) is 6.54 Å². The van der Waals surface area contributed by atoms with Crippen molar-refractivity contribution >= 4 is 16.6 Å². The van der Waals surface area contributed by atoms with E-state index in [1.165, 1.54) is 0 Å². The molecule has 0 saturated carbocycles. The second kappa shape index (κ2) is 6.84. The molecule has 0 aliphatic carbocycles. The van der Waals surface area contributed by atoms with E-state index in [0.717, 1.165) is 16.6 Å². The third-order valence-corrected chi connectivity index (χ3v) is 4.43. The smallest absolute Gasteiger partial charge is 0.222 e. The number of nitrogens with zero attached hydrogens (tertiary/aromatic N) is 2. The summed E-state index contributed by atoms with van der Waals surface area (Å²) in [6.45, 7) is 4.63. The van der Waals surface area contributed by atoms with Crippen LogP contribution in [0.3, 0.4) is 0 Å². The maximum absolute atomic E-state index is 11.2. The third-order valence-electron chi connectivity index (χ3n) is 4.43. The summed E-state index contributed by atoms with van der Waals surface area (Å²) in [6.07, 6.45) is 0. The van der Waals surface area contributed by atoms with Gasteiger partial charge in [-0.25, -0.2) is 0 Å². The van der Waals surface area contributed by atoms with Gasteiger partial charge in [-0.15, -0.1) is 4.91 Å². The quantitative estimate of drug-likeness (QED) is 0.673. The topological polar surface area (TPSA) is 73.1 Å². The van der Waals surface area contributed by atoms with Gasteiger partial charge < -0.3 is 19.1 Å². The van der Waals surface area contributed by atoms with Gasteiger partial charge in [-0.1, -0.05) is 24.3 Å². The molecule has 6 heteroatoms. The molecule has 130 valence electrons. The zero-order valence-electron chi connectivity index (χ0n) is 14.4. The van der Waals surface area contributed by atoms with E-state index >= 15 is 0 Å². The number of aromatic hydroxyl groups is 1. The second-order valence-electron chi connectivity index (χ2n) is 5.82. The van der Waals surface area contributed by atoms with Crippen molar-refractivity contribution in [1.29, 1.82) is 0 Å². The molecule has 0 fully saturated rings. The highest BCUT2D eigenvalue weighted by Crippen LogP contribution is 2.40. The number of aryl methyl sites for hydroxylation is 2. The molecule has 1 aromatic heterocycles. The predicted molar refractivity (Wildman–Crippen MR) is 97.0 cm³/mol. The highest BCUT2D eigenvalue weighted by Gasteiger charge is 2.19. The highest BCUT2D eigenvalue weighted by atomic mass is 16.5. The summed E-state index contributed by atoms with van der Waals surface area (Å²) < 4.78 is 12.7. The van der Waals surface area contributed by atoms with E-state index in [-0.39, 0.29) is 11.6 Å². The molecule has 0 saturated heterocycles. The van der Waals surface area contributed by atoms with E-state index in [0.29, 0.717) is 30.0 Å². The minimum Gasteiger partial charge on any atom is -0.493 e. The van der Waals surface area contributed by atoms with Crippen LogP contribution in [0.1, 0.15) is 11.1 Å². The van der Waals surface area contributed by atoms with Crippen LogP contribution in [0, 0.1) is 18.8 Å². The average Bonchev–Trinajstić information content (AvgIpc) is 2.90. The lowest BCUT2D eigenvalue weighted by molar-refractivity contribution is 0.274. The number of rotatable bonds is 6. The molecule has 1 N–H and O–H groups in total. The standard InChI is InChI=1S/C19H20N2O4/c1-12-8-9-14-17(20-23)19(22)21(18(14)13(12)2)10-11-25-16-7-5-4-6-15(16)24-3/h4-9,22H,10-11H2,1-3H3. The van der Waals surface area contributed by atoms with Crippen molar-refractivity contribution in [3.05, 3.63) is 52.4 Å². The second-order valence-corrected chi connectivity index (χ2v) is 5.82. The van der Waals surface area contributed by atoms with Crippen LogP contribution in [0.4, 0.5) is 5.69 Å². The van der Waals surface area contributed by atoms with Crippen LogP contribution in [0.15, 0.2) is 41.6 Å². The molecule has 0 bridgehead atoms. The molecule has 0 aliphatic rings. The normalized spacial score (nSPS) is 10.8. The number of nitroso groups, excluding NO2 is 1. The minimum absolute atomic E-state index is 0.0652. The Kier molecular flexibility index (Phi) is 4.61. The molecule has 0 atom stereocenters. The van der Waals surface area contributed by atoms with E-state index < -0.39 is 0 Å². The molecule has 3 aromatic rings. The van der Waals surface area contributed by atoms with Crippen molar-refractivity contribution < 1.29 is 14.6 Å². The van der Waals surface area contributed by atoms with Crippen molar-refractivity contribution in [3.8, 4) is 17.4 Å². The van der Waals surface area contributed by atoms with Gasteiger partial charge in [-0.2, -0.15) is 0 Å². The summed E-state index contributed by atoms with van der Waals surface area (Å²) in [5.41, 5.74) is 2.94. The van der Waals surface area contributed by atoms with Gasteiger partial charge in [0.05, 0.1) is 19.2 Å². The number of benzene rings is 2. The molecule has 3 rings (SSSR count). The number of hydrogen-bond acceptors (Lipinski definition) is 5. The number of hydrogen-bond donors (Lipinski definition) is 1. The van der Waals surface area contributed by atoms with Gasteiger partial charge in [0.25, 0.3) is 0 Å². The number of methoxy groups -OCH3 is 1. The third kappa shape index (κ3) is 2.91.